The molecule has 0 fully saturated rings. The van der Waals surface area contributed by atoms with E-state index in [4.69, 9.17) is 0 Å². The van der Waals surface area contributed by atoms with Crippen LogP contribution in [0.2, 0.25) is 0 Å². The number of nitrogens with zero attached hydrogens (tertiary/aromatic N) is 5. The second kappa shape index (κ2) is 5.48. The number of nitro benzene ring substituents is 1. The first-order valence-corrected chi connectivity index (χ1v) is 5.63. The lowest BCUT2D eigenvalue weighted by atomic mass is 10.1. The van der Waals surface area contributed by atoms with E-state index in [1.807, 2.05) is 0 Å². The Hall–Kier alpha value is -3.11. The molecule has 0 aliphatic carbocycles. The molecule has 2 rings (SSSR count). The molecule has 0 unspecified atom stereocenters. The van der Waals surface area contributed by atoms with Crippen molar-refractivity contribution in [3.63, 3.8) is 0 Å². The predicted molar refractivity (Wildman–Crippen MR) is 69.4 cm³/mol. The summed E-state index contributed by atoms with van der Waals surface area (Å²) >= 11 is 0. The van der Waals surface area contributed by atoms with Crippen LogP contribution in [0.1, 0.15) is 10.4 Å². The van der Waals surface area contributed by atoms with Crippen LogP contribution < -0.4 is 10.6 Å². The van der Waals surface area contributed by atoms with Gasteiger partial charge >= 0.3 is 0 Å². The fourth-order valence-corrected chi connectivity index (χ4v) is 1.59. The number of carbonyl (C=O) groups excluding carboxylic acids is 1. The van der Waals surface area contributed by atoms with E-state index in [0.29, 0.717) is 6.07 Å². The summed E-state index contributed by atoms with van der Waals surface area (Å²) in [5.41, 5.74) is -1.02. The molecular formula is C10H10FN7O3. The summed E-state index contributed by atoms with van der Waals surface area (Å²) in [5.74, 6) is -1.79. The molecule has 0 spiro atoms. The second-order valence-corrected chi connectivity index (χ2v) is 3.91. The molecule has 110 valence electrons. The fourth-order valence-electron chi connectivity index (χ4n) is 1.59. The Balaban J connectivity index is 2.40. The second-order valence-electron chi connectivity index (χ2n) is 3.91. The van der Waals surface area contributed by atoms with E-state index in [1.165, 1.54) is 14.1 Å². The number of nitro groups is 1. The summed E-state index contributed by atoms with van der Waals surface area (Å²) < 4.78 is 13.5. The SMILES string of the molecule is CNc1cc(C(=O)Nc2nnn(C)n2)c([N+](=O)[O-])cc1F. The molecule has 0 aliphatic heterocycles. The molecular weight excluding hydrogens is 285 g/mol. The minimum Gasteiger partial charge on any atom is -0.386 e. The van der Waals surface area contributed by atoms with Gasteiger partial charge in [-0.1, -0.05) is 5.10 Å². The average Bonchev–Trinajstić information content (AvgIpc) is 2.83. The summed E-state index contributed by atoms with van der Waals surface area (Å²) in [6, 6.07) is 1.71. The number of rotatable bonds is 4. The van der Waals surface area contributed by atoms with Gasteiger partial charge in [0, 0.05) is 7.05 Å². The van der Waals surface area contributed by atoms with Gasteiger partial charge in [-0.05, 0) is 11.3 Å². The number of tetrazole rings is 1. The van der Waals surface area contributed by atoms with Gasteiger partial charge < -0.3 is 5.32 Å². The molecule has 1 amide bonds. The average molecular weight is 295 g/mol. The molecule has 0 saturated carbocycles. The van der Waals surface area contributed by atoms with Gasteiger partial charge in [-0.25, -0.2) is 4.39 Å². The Labute approximate surface area is 117 Å². The van der Waals surface area contributed by atoms with Crippen molar-refractivity contribution in [2.24, 2.45) is 7.05 Å². The van der Waals surface area contributed by atoms with Gasteiger partial charge in [0.15, 0.2) is 5.82 Å². The van der Waals surface area contributed by atoms with E-state index in [0.717, 1.165) is 10.9 Å². The van der Waals surface area contributed by atoms with Crippen LogP contribution in [0.15, 0.2) is 12.1 Å². The van der Waals surface area contributed by atoms with Crippen molar-refractivity contribution in [1.82, 2.24) is 20.2 Å². The smallest absolute Gasteiger partial charge is 0.285 e. The quantitative estimate of drug-likeness (QED) is 0.622. The summed E-state index contributed by atoms with van der Waals surface area (Å²) in [4.78, 5) is 23.2. The molecule has 21 heavy (non-hydrogen) atoms. The van der Waals surface area contributed by atoms with Crippen LogP contribution in [-0.2, 0) is 7.05 Å². The van der Waals surface area contributed by atoms with Crippen molar-refractivity contribution in [3.05, 3.63) is 33.6 Å². The Morgan fingerprint density at radius 2 is 2.19 bits per heavy atom. The Bertz CT molecular complexity index is 715. The van der Waals surface area contributed by atoms with Crippen molar-refractivity contribution in [3.8, 4) is 0 Å². The third-order valence-electron chi connectivity index (χ3n) is 2.53. The van der Waals surface area contributed by atoms with E-state index in [1.54, 1.807) is 0 Å². The molecule has 10 nitrogen and oxygen atoms in total. The van der Waals surface area contributed by atoms with Crippen LogP contribution in [0.4, 0.5) is 21.7 Å². The van der Waals surface area contributed by atoms with Crippen LogP contribution in [0, 0.1) is 15.9 Å². The molecule has 0 saturated heterocycles. The molecule has 0 bridgehead atoms. The van der Waals surface area contributed by atoms with Gasteiger partial charge in [0.05, 0.1) is 23.7 Å². The molecule has 2 aromatic rings. The highest BCUT2D eigenvalue weighted by Gasteiger charge is 2.24. The van der Waals surface area contributed by atoms with Crippen molar-refractivity contribution in [2.45, 2.75) is 0 Å². The highest BCUT2D eigenvalue weighted by Crippen LogP contribution is 2.26. The zero-order chi connectivity index (χ0) is 15.6. The van der Waals surface area contributed by atoms with Gasteiger partial charge in [0.2, 0.25) is 0 Å². The standard InChI is InChI=1S/C10H10FN7O3/c1-12-7-3-5(8(18(20)21)4-6(7)11)9(19)13-10-14-16-17(2)15-10/h3-4,12H,1-2H3,(H,13,15,19). The molecule has 1 aromatic heterocycles. The van der Waals surface area contributed by atoms with Crippen LogP contribution in [0.3, 0.4) is 0 Å². The minimum absolute atomic E-state index is 0.0437. The third kappa shape index (κ3) is 2.91. The van der Waals surface area contributed by atoms with Crippen LogP contribution in [0.25, 0.3) is 0 Å². The molecule has 0 atom stereocenters. The number of aromatic nitrogens is 4. The highest BCUT2D eigenvalue weighted by molar-refractivity contribution is 6.06. The van der Waals surface area contributed by atoms with Crippen molar-refractivity contribution < 1.29 is 14.1 Å². The normalized spacial score (nSPS) is 10.2. The lowest BCUT2D eigenvalue weighted by molar-refractivity contribution is -0.385. The number of halogens is 1. The molecule has 2 N–H and O–H groups in total. The van der Waals surface area contributed by atoms with E-state index in [9.17, 15) is 19.3 Å². The third-order valence-corrected chi connectivity index (χ3v) is 2.53. The number of aryl methyl sites for hydroxylation is 1. The van der Waals surface area contributed by atoms with Crippen molar-refractivity contribution >= 4 is 23.2 Å². The summed E-state index contributed by atoms with van der Waals surface area (Å²) in [7, 11) is 2.91. The largest absolute Gasteiger partial charge is 0.386 e. The molecule has 11 heteroatoms. The molecule has 0 radical (unpaired) electrons. The first kappa shape index (κ1) is 14.3. The van der Waals surface area contributed by atoms with E-state index in [2.05, 4.69) is 26.0 Å². The monoisotopic (exact) mass is 295 g/mol. The maximum absolute atomic E-state index is 13.5. The number of amides is 1. The Morgan fingerprint density at radius 3 is 2.71 bits per heavy atom. The molecule has 1 aromatic carbocycles. The predicted octanol–water partition coefficient (Wildman–Crippen LogP) is 0.551. The van der Waals surface area contributed by atoms with Gasteiger partial charge in [-0.3, -0.25) is 20.2 Å². The van der Waals surface area contributed by atoms with Gasteiger partial charge in [-0.15, -0.1) is 5.10 Å². The number of benzene rings is 1. The van der Waals surface area contributed by atoms with Crippen LogP contribution in [0.5, 0.6) is 0 Å². The number of hydrogen-bond donors (Lipinski definition) is 2. The summed E-state index contributed by atoms with van der Waals surface area (Å²) in [6.07, 6.45) is 0. The van der Waals surface area contributed by atoms with E-state index < -0.39 is 22.3 Å². The highest BCUT2D eigenvalue weighted by atomic mass is 19.1. The summed E-state index contributed by atoms with van der Waals surface area (Å²) in [5, 5.41) is 26.4. The van der Waals surface area contributed by atoms with E-state index in [-0.39, 0.29) is 17.2 Å². The zero-order valence-corrected chi connectivity index (χ0v) is 11.0. The van der Waals surface area contributed by atoms with E-state index >= 15 is 0 Å². The fraction of sp³-hybridized carbons (Fsp3) is 0.200. The number of anilines is 2. The van der Waals surface area contributed by atoms with Gasteiger partial charge in [-0.2, -0.15) is 4.80 Å². The lowest BCUT2D eigenvalue weighted by Crippen LogP contribution is -2.16. The van der Waals surface area contributed by atoms with Crippen molar-refractivity contribution in [2.75, 3.05) is 17.7 Å². The number of hydrogen-bond acceptors (Lipinski definition) is 7. The maximum atomic E-state index is 13.5. The zero-order valence-electron chi connectivity index (χ0n) is 11.0. The first-order valence-electron chi connectivity index (χ1n) is 5.63. The Morgan fingerprint density at radius 1 is 1.48 bits per heavy atom. The van der Waals surface area contributed by atoms with Gasteiger partial charge in [0.1, 0.15) is 5.56 Å². The lowest BCUT2D eigenvalue weighted by Gasteiger charge is -2.06. The van der Waals surface area contributed by atoms with Crippen LogP contribution in [-0.4, -0.2) is 38.1 Å². The van der Waals surface area contributed by atoms with Crippen molar-refractivity contribution in [1.29, 1.82) is 0 Å². The number of carbonyl (C=O) groups is 1. The summed E-state index contributed by atoms with van der Waals surface area (Å²) in [6.45, 7) is 0. The van der Waals surface area contributed by atoms with Gasteiger partial charge in [0.25, 0.3) is 17.5 Å². The number of nitrogens with one attached hydrogen (secondary N) is 2. The first-order chi connectivity index (χ1) is 9.92. The molecule has 1 heterocycles. The molecule has 0 aliphatic rings. The van der Waals surface area contributed by atoms with Crippen LogP contribution >= 0.6 is 0 Å². The maximum Gasteiger partial charge on any atom is 0.285 e. The Kier molecular flexibility index (Phi) is 3.73. The topological polar surface area (TPSA) is 128 Å². The minimum atomic E-state index is -0.846.